The van der Waals surface area contributed by atoms with Crippen LogP contribution in [0.1, 0.15) is 17.8 Å². The van der Waals surface area contributed by atoms with Crippen molar-refractivity contribution in [1.29, 1.82) is 0 Å². The molecule has 0 aliphatic heterocycles. The molecule has 1 rings (SSSR count). The maximum Gasteiger partial charge on any atom is 0.320 e. The fraction of sp³-hybridized carbons (Fsp3) is 0.545. The number of aryl methyl sites for hydroxylation is 2. The molecule has 0 saturated heterocycles. The highest BCUT2D eigenvalue weighted by molar-refractivity contribution is 7.89. The molecule has 0 bridgehead atoms. The topological polar surface area (TPSA) is 128 Å². The Labute approximate surface area is 121 Å². The second-order valence-corrected chi connectivity index (χ2v) is 5.97. The number of aromatic nitrogens is 2. The van der Waals surface area contributed by atoms with Gasteiger partial charge in [-0.3, -0.25) is 14.3 Å². The van der Waals surface area contributed by atoms with Crippen LogP contribution in [0, 0.1) is 13.8 Å². The highest BCUT2D eigenvalue weighted by atomic mass is 32.2. The largest absolute Gasteiger partial charge is 0.481 e. The van der Waals surface area contributed by atoms with Crippen molar-refractivity contribution in [3.63, 3.8) is 0 Å². The monoisotopic (exact) mass is 319 g/mol. The summed E-state index contributed by atoms with van der Waals surface area (Å²) in [4.78, 5) is 21.5. The molecule has 0 aliphatic carbocycles. The van der Waals surface area contributed by atoms with Crippen molar-refractivity contribution in [2.75, 3.05) is 13.7 Å². The van der Waals surface area contributed by atoms with E-state index in [1.54, 1.807) is 0 Å². The molecular formula is C11H17N3O6S. The highest BCUT2D eigenvalue weighted by Crippen LogP contribution is 2.19. The van der Waals surface area contributed by atoms with Crippen molar-refractivity contribution in [3.05, 3.63) is 11.4 Å². The molecule has 21 heavy (non-hydrogen) atoms. The van der Waals surface area contributed by atoms with Crippen LogP contribution in [0.4, 0.5) is 0 Å². The summed E-state index contributed by atoms with van der Waals surface area (Å²) >= 11 is 0. The lowest BCUT2D eigenvalue weighted by molar-refractivity contribution is -0.139. The molecule has 0 spiro atoms. The molecule has 0 unspecified atom stereocenters. The zero-order valence-corrected chi connectivity index (χ0v) is 12.7. The lowest BCUT2D eigenvalue weighted by Crippen LogP contribution is -2.31. The number of ether oxygens (including phenoxy) is 1. The highest BCUT2D eigenvalue weighted by Gasteiger charge is 2.25. The van der Waals surface area contributed by atoms with Gasteiger partial charge in [-0.2, -0.15) is 9.82 Å². The van der Waals surface area contributed by atoms with E-state index in [-0.39, 0.29) is 23.6 Å². The van der Waals surface area contributed by atoms with Crippen molar-refractivity contribution in [1.82, 2.24) is 14.5 Å². The van der Waals surface area contributed by atoms with Crippen LogP contribution < -0.4 is 4.72 Å². The van der Waals surface area contributed by atoms with E-state index in [0.29, 0.717) is 5.69 Å². The van der Waals surface area contributed by atoms with Crippen molar-refractivity contribution in [3.8, 4) is 0 Å². The van der Waals surface area contributed by atoms with Gasteiger partial charge in [0.2, 0.25) is 10.0 Å². The number of hydrogen-bond donors (Lipinski definition) is 2. The number of nitrogens with zero attached hydrogens (tertiary/aromatic N) is 2. The molecule has 1 aromatic heterocycles. The van der Waals surface area contributed by atoms with Crippen LogP contribution in [0.5, 0.6) is 0 Å². The maximum absolute atomic E-state index is 12.2. The predicted octanol–water partition coefficient (Wildman–Crippen LogP) is -0.574. The van der Waals surface area contributed by atoms with Gasteiger partial charge in [-0.25, -0.2) is 8.42 Å². The number of sulfonamides is 1. The van der Waals surface area contributed by atoms with Crippen LogP contribution >= 0.6 is 0 Å². The Hall–Kier alpha value is -1.94. The van der Waals surface area contributed by atoms with Gasteiger partial charge in [-0.15, -0.1) is 0 Å². The summed E-state index contributed by atoms with van der Waals surface area (Å²) in [6.45, 7) is 2.60. The number of rotatable bonds is 7. The molecular weight excluding hydrogens is 302 g/mol. The Balaban J connectivity index is 3.01. The molecule has 2 N–H and O–H groups in total. The minimum atomic E-state index is -3.93. The molecule has 0 fully saturated rings. The van der Waals surface area contributed by atoms with Crippen molar-refractivity contribution >= 4 is 22.0 Å². The maximum atomic E-state index is 12.2. The van der Waals surface area contributed by atoms with Gasteiger partial charge in [0.05, 0.1) is 31.5 Å². The standard InChI is InChI=1S/C11H17N3O6S/c1-7-11(21(18,19)12-6-10(17)20-3)8(2)14(13-7)5-4-9(15)16/h12H,4-6H2,1-3H3,(H,15,16). The second-order valence-electron chi connectivity index (χ2n) is 4.27. The van der Waals surface area contributed by atoms with E-state index >= 15 is 0 Å². The first-order chi connectivity index (χ1) is 9.69. The Morgan fingerprint density at radius 3 is 2.52 bits per heavy atom. The molecule has 9 nitrogen and oxygen atoms in total. The summed E-state index contributed by atoms with van der Waals surface area (Å²) in [6, 6.07) is 0. The fourth-order valence-electron chi connectivity index (χ4n) is 1.79. The van der Waals surface area contributed by atoms with E-state index in [0.717, 1.165) is 7.11 Å². The number of hydrogen-bond acceptors (Lipinski definition) is 6. The lowest BCUT2D eigenvalue weighted by Gasteiger charge is -2.06. The Bertz CT molecular complexity index is 649. The Morgan fingerprint density at radius 2 is 2.00 bits per heavy atom. The van der Waals surface area contributed by atoms with Gasteiger partial charge in [0, 0.05) is 0 Å². The number of carboxylic acids is 1. The zero-order valence-electron chi connectivity index (χ0n) is 11.9. The third-order valence-electron chi connectivity index (χ3n) is 2.76. The van der Waals surface area contributed by atoms with E-state index in [4.69, 9.17) is 5.11 Å². The molecule has 1 aromatic rings. The first kappa shape index (κ1) is 17.1. The van der Waals surface area contributed by atoms with E-state index in [1.807, 2.05) is 0 Å². The minimum Gasteiger partial charge on any atom is -0.481 e. The summed E-state index contributed by atoms with van der Waals surface area (Å²) < 4.78 is 32.1. The van der Waals surface area contributed by atoms with Crippen LogP contribution in [0.15, 0.2) is 4.90 Å². The summed E-state index contributed by atoms with van der Waals surface area (Å²) in [7, 11) is -2.78. The summed E-state index contributed by atoms with van der Waals surface area (Å²) in [6.07, 6.45) is -0.170. The SMILES string of the molecule is COC(=O)CNS(=O)(=O)c1c(C)nn(CCC(=O)O)c1C. The first-order valence-electron chi connectivity index (χ1n) is 6.01. The van der Waals surface area contributed by atoms with Gasteiger partial charge in [0.25, 0.3) is 0 Å². The Kier molecular flexibility index (Phi) is 5.44. The number of aliphatic carboxylic acids is 1. The van der Waals surface area contributed by atoms with Crippen LogP contribution in [-0.2, 0) is 30.9 Å². The molecule has 0 saturated carbocycles. The van der Waals surface area contributed by atoms with Crippen molar-refractivity contribution in [2.24, 2.45) is 0 Å². The summed E-state index contributed by atoms with van der Waals surface area (Å²) in [5, 5.41) is 12.7. The van der Waals surface area contributed by atoms with Gasteiger partial charge >= 0.3 is 11.9 Å². The molecule has 118 valence electrons. The van der Waals surface area contributed by atoms with Crippen LogP contribution in [0.2, 0.25) is 0 Å². The number of nitrogens with one attached hydrogen (secondary N) is 1. The van der Waals surface area contributed by atoms with Gasteiger partial charge in [-0.05, 0) is 13.8 Å². The predicted molar refractivity (Wildman–Crippen MR) is 71.2 cm³/mol. The average Bonchev–Trinajstić information content (AvgIpc) is 2.68. The third kappa shape index (κ3) is 4.26. The quantitative estimate of drug-likeness (QED) is 0.644. The van der Waals surface area contributed by atoms with Gasteiger partial charge < -0.3 is 9.84 Å². The third-order valence-corrected chi connectivity index (χ3v) is 4.41. The minimum absolute atomic E-state index is 0.0585. The zero-order chi connectivity index (χ0) is 16.2. The van der Waals surface area contributed by atoms with Crippen LogP contribution in [0.3, 0.4) is 0 Å². The van der Waals surface area contributed by atoms with Crippen LogP contribution in [0.25, 0.3) is 0 Å². The van der Waals surface area contributed by atoms with E-state index in [1.165, 1.54) is 18.5 Å². The first-order valence-corrected chi connectivity index (χ1v) is 7.49. The average molecular weight is 319 g/mol. The van der Waals surface area contributed by atoms with Gasteiger partial charge in [0.15, 0.2) is 0 Å². The Morgan fingerprint density at radius 1 is 1.38 bits per heavy atom. The fourth-order valence-corrected chi connectivity index (χ4v) is 3.16. The van der Waals surface area contributed by atoms with Gasteiger partial charge in [0.1, 0.15) is 11.4 Å². The smallest absolute Gasteiger partial charge is 0.320 e. The number of carbonyl (C=O) groups is 2. The summed E-state index contributed by atoms with van der Waals surface area (Å²) in [5.74, 6) is -1.72. The molecule has 1 heterocycles. The summed E-state index contributed by atoms with van der Waals surface area (Å²) in [5.41, 5.74) is 0.543. The molecule has 0 aliphatic rings. The molecule has 0 aromatic carbocycles. The number of carboxylic acid groups (broad SMARTS) is 1. The van der Waals surface area contributed by atoms with Crippen molar-refractivity contribution in [2.45, 2.75) is 31.7 Å². The van der Waals surface area contributed by atoms with E-state index in [2.05, 4.69) is 14.6 Å². The normalized spacial score (nSPS) is 11.4. The molecule has 0 radical (unpaired) electrons. The number of esters is 1. The molecule has 0 amide bonds. The molecule has 10 heteroatoms. The van der Waals surface area contributed by atoms with Crippen molar-refractivity contribution < 1.29 is 27.9 Å². The number of methoxy groups -OCH3 is 1. The number of carbonyl (C=O) groups excluding carboxylic acids is 1. The van der Waals surface area contributed by atoms with E-state index < -0.39 is 28.5 Å². The lowest BCUT2D eigenvalue weighted by atomic mass is 10.4. The van der Waals surface area contributed by atoms with Gasteiger partial charge in [-0.1, -0.05) is 0 Å². The van der Waals surface area contributed by atoms with Crippen LogP contribution in [-0.4, -0.2) is 48.9 Å². The van der Waals surface area contributed by atoms with E-state index in [9.17, 15) is 18.0 Å². The molecule has 0 atom stereocenters. The second kappa shape index (κ2) is 6.68.